The van der Waals surface area contributed by atoms with E-state index in [1.165, 1.54) is 24.0 Å². The van der Waals surface area contributed by atoms with Crippen LogP contribution in [0.25, 0.3) is 22.0 Å². The molecule has 38 heavy (non-hydrogen) atoms. The number of aromatic nitrogens is 1. The van der Waals surface area contributed by atoms with E-state index in [4.69, 9.17) is 9.47 Å². The van der Waals surface area contributed by atoms with E-state index in [0.717, 1.165) is 66.7 Å². The zero-order valence-corrected chi connectivity index (χ0v) is 23.5. The molecule has 3 aromatic rings. The van der Waals surface area contributed by atoms with Crippen molar-refractivity contribution >= 4 is 16.9 Å². The van der Waals surface area contributed by atoms with Gasteiger partial charge < -0.3 is 19.1 Å². The molecule has 5 rings (SSSR count). The number of nitrogens with zero attached hydrogens (tertiary/aromatic N) is 1. The highest BCUT2D eigenvalue weighted by Crippen LogP contribution is 2.39. The van der Waals surface area contributed by atoms with Gasteiger partial charge in [0.15, 0.2) is 0 Å². The average Bonchev–Trinajstić information content (AvgIpc) is 3.67. The minimum absolute atomic E-state index is 0.0364. The third-order valence-corrected chi connectivity index (χ3v) is 8.46. The zero-order chi connectivity index (χ0) is 26.9. The molecular formula is C33H43NO4. The Bertz CT molecular complexity index is 1260. The summed E-state index contributed by atoms with van der Waals surface area (Å²) in [6, 6.07) is 15.0. The molecular weight excluding hydrogens is 474 g/mol. The van der Waals surface area contributed by atoms with E-state index in [-0.39, 0.29) is 11.5 Å². The number of rotatable bonds is 10. The molecule has 0 spiro atoms. The Morgan fingerprint density at radius 2 is 1.79 bits per heavy atom. The minimum atomic E-state index is -0.871. The Morgan fingerprint density at radius 3 is 2.45 bits per heavy atom. The van der Waals surface area contributed by atoms with Gasteiger partial charge in [0.25, 0.3) is 0 Å². The number of hydrogen-bond acceptors (Lipinski definition) is 3. The van der Waals surface area contributed by atoms with E-state index in [9.17, 15) is 9.90 Å². The molecule has 0 saturated heterocycles. The van der Waals surface area contributed by atoms with Crippen LogP contribution in [-0.4, -0.2) is 42.1 Å². The summed E-state index contributed by atoms with van der Waals surface area (Å²) in [5.74, 6) is 0.281. The molecule has 0 radical (unpaired) electrons. The molecule has 2 unspecified atom stereocenters. The molecule has 2 atom stereocenters. The zero-order valence-electron chi connectivity index (χ0n) is 23.5. The molecule has 2 saturated carbocycles. The van der Waals surface area contributed by atoms with E-state index in [1.54, 1.807) is 7.11 Å². The lowest BCUT2D eigenvalue weighted by atomic mass is 9.86. The lowest BCUT2D eigenvalue weighted by Gasteiger charge is -2.29. The maximum atomic E-state index is 12.9. The molecule has 2 aliphatic carbocycles. The van der Waals surface area contributed by atoms with Crippen molar-refractivity contribution in [2.24, 2.45) is 11.8 Å². The molecule has 1 heterocycles. The van der Waals surface area contributed by atoms with Crippen LogP contribution in [0, 0.1) is 11.8 Å². The highest BCUT2D eigenvalue weighted by molar-refractivity contribution is 6.08. The third-order valence-electron chi connectivity index (χ3n) is 8.46. The quantitative estimate of drug-likeness (QED) is 0.283. The predicted octanol–water partition coefficient (Wildman–Crippen LogP) is 7.48. The summed E-state index contributed by atoms with van der Waals surface area (Å²) >= 11 is 0. The van der Waals surface area contributed by atoms with Crippen LogP contribution in [-0.2, 0) is 27.9 Å². The number of carboxylic acid groups (broad SMARTS) is 1. The second kappa shape index (κ2) is 11.2. The van der Waals surface area contributed by atoms with Crippen molar-refractivity contribution in [2.45, 2.75) is 83.8 Å². The molecule has 1 N–H and O–H groups in total. The summed E-state index contributed by atoms with van der Waals surface area (Å²) < 4.78 is 13.7. The molecule has 0 amide bonds. The number of fused-ring (bicyclic) bond motifs is 1. The number of benzene rings is 2. The summed E-state index contributed by atoms with van der Waals surface area (Å²) in [7, 11) is 1.79. The van der Waals surface area contributed by atoms with Crippen molar-refractivity contribution in [2.75, 3.05) is 20.3 Å². The van der Waals surface area contributed by atoms with Crippen LogP contribution in [0.4, 0.5) is 0 Å². The van der Waals surface area contributed by atoms with Crippen molar-refractivity contribution in [1.82, 2.24) is 4.57 Å². The number of carbonyl (C=O) groups is 1. The number of aromatic carboxylic acids is 1. The van der Waals surface area contributed by atoms with Crippen molar-refractivity contribution in [3.63, 3.8) is 0 Å². The van der Waals surface area contributed by atoms with Gasteiger partial charge in [-0.15, -0.1) is 0 Å². The summed E-state index contributed by atoms with van der Waals surface area (Å²) in [5, 5.41) is 11.6. The summed E-state index contributed by atoms with van der Waals surface area (Å²) in [6.07, 6.45) is 7.96. The van der Waals surface area contributed by atoms with Crippen molar-refractivity contribution < 1.29 is 19.4 Å². The largest absolute Gasteiger partial charge is 0.477 e. The van der Waals surface area contributed by atoms with E-state index >= 15 is 0 Å². The Hall–Kier alpha value is -2.63. The Kier molecular flexibility index (Phi) is 7.97. The van der Waals surface area contributed by atoms with Crippen LogP contribution in [0.5, 0.6) is 0 Å². The number of hydrogen-bond donors (Lipinski definition) is 1. The molecule has 1 aromatic heterocycles. The Balaban J connectivity index is 1.55. The van der Waals surface area contributed by atoms with E-state index < -0.39 is 5.97 Å². The van der Waals surface area contributed by atoms with Gasteiger partial charge in [0.2, 0.25) is 0 Å². The van der Waals surface area contributed by atoms with E-state index in [1.807, 2.05) is 0 Å². The highest BCUT2D eigenvalue weighted by Gasteiger charge is 2.28. The van der Waals surface area contributed by atoms with E-state index in [2.05, 4.69) is 67.8 Å². The molecule has 5 nitrogen and oxygen atoms in total. The maximum Gasteiger partial charge on any atom is 0.353 e. The normalized spacial score (nSPS) is 20.2. The summed E-state index contributed by atoms with van der Waals surface area (Å²) in [6.45, 7) is 8.85. The van der Waals surface area contributed by atoms with Crippen molar-refractivity contribution in [1.29, 1.82) is 0 Å². The Morgan fingerprint density at radius 1 is 1.03 bits per heavy atom. The van der Waals surface area contributed by atoms with Gasteiger partial charge in [0.1, 0.15) is 5.69 Å². The average molecular weight is 518 g/mol. The van der Waals surface area contributed by atoms with Crippen LogP contribution in [0.3, 0.4) is 0 Å². The number of methoxy groups -OCH3 is 1. The first kappa shape index (κ1) is 27.0. The molecule has 5 heteroatoms. The van der Waals surface area contributed by atoms with Gasteiger partial charge in [-0.25, -0.2) is 4.79 Å². The molecule has 2 aromatic carbocycles. The fraction of sp³-hybridized carbons (Fsp3) is 0.545. The number of ether oxygens (including phenoxy) is 2. The second-order valence-electron chi connectivity index (χ2n) is 12.5. The first-order valence-electron chi connectivity index (χ1n) is 14.3. The summed E-state index contributed by atoms with van der Waals surface area (Å²) in [4.78, 5) is 12.9. The van der Waals surface area contributed by atoms with E-state index in [0.29, 0.717) is 24.8 Å². The predicted molar refractivity (Wildman–Crippen MR) is 153 cm³/mol. The topological polar surface area (TPSA) is 60.7 Å². The van der Waals surface area contributed by atoms with Crippen LogP contribution >= 0.6 is 0 Å². The Labute approximate surface area is 227 Å². The van der Waals surface area contributed by atoms with Crippen LogP contribution < -0.4 is 0 Å². The smallest absolute Gasteiger partial charge is 0.353 e. The lowest BCUT2D eigenvalue weighted by Crippen LogP contribution is -2.25. The summed E-state index contributed by atoms with van der Waals surface area (Å²) in [5.41, 5.74) is 5.64. The molecule has 2 fully saturated rings. The fourth-order valence-electron chi connectivity index (χ4n) is 6.00. The van der Waals surface area contributed by atoms with Gasteiger partial charge in [-0.1, -0.05) is 57.5 Å². The van der Waals surface area contributed by atoms with Gasteiger partial charge in [-0.2, -0.15) is 0 Å². The molecule has 204 valence electrons. The van der Waals surface area contributed by atoms with Crippen LogP contribution in [0.1, 0.15) is 80.9 Å². The molecule has 0 bridgehead atoms. The first-order chi connectivity index (χ1) is 18.2. The van der Waals surface area contributed by atoms with Crippen LogP contribution in [0.2, 0.25) is 0 Å². The SMILES string of the molecule is COC1CCCC(Cn2c(C(=O)O)c(-c3ccc(C(C)(C)C)cc3)c3cc(CCOCC4CC4)ccc32)C1. The van der Waals surface area contributed by atoms with Gasteiger partial charge in [-0.3, -0.25) is 0 Å². The molecule has 0 aliphatic heterocycles. The number of carboxylic acids is 1. The maximum absolute atomic E-state index is 12.9. The third kappa shape index (κ3) is 6.00. The van der Waals surface area contributed by atoms with Gasteiger partial charge in [-0.05, 0) is 84.6 Å². The van der Waals surface area contributed by atoms with Gasteiger partial charge in [0, 0.05) is 36.7 Å². The minimum Gasteiger partial charge on any atom is -0.477 e. The van der Waals surface area contributed by atoms with Gasteiger partial charge >= 0.3 is 5.97 Å². The standard InChI is InChI=1S/C33H43NO4/c1-33(2,3)26-13-11-25(12-14-26)30-28-19-22(16-17-38-21-23-8-9-23)10-15-29(28)34(31(30)32(35)36)20-24-6-5-7-27(18-24)37-4/h10-15,19,23-24,27H,5-9,16-18,20-21H2,1-4H3,(H,35,36). The van der Waals surface area contributed by atoms with Crippen LogP contribution in [0.15, 0.2) is 42.5 Å². The fourth-order valence-corrected chi connectivity index (χ4v) is 6.00. The van der Waals surface area contributed by atoms with Crippen molar-refractivity contribution in [3.05, 3.63) is 59.3 Å². The lowest BCUT2D eigenvalue weighted by molar-refractivity contribution is 0.0469. The monoisotopic (exact) mass is 517 g/mol. The van der Waals surface area contributed by atoms with Gasteiger partial charge in [0.05, 0.1) is 12.7 Å². The first-order valence-corrected chi connectivity index (χ1v) is 14.3. The molecule has 2 aliphatic rings. The van der Waals surface area contributed by atoms with Crippen molar-refractivity contribution in [3.8, 4) is 11.1 Å². The highest BCUT2D eigenvalue weighted by atomic mass is 16.5. The second-order valence-corrected chi connectivity index (χ2v) is 12.5.